The summed E-state index contributed by atoms with van der Waals surface area (Å²) < 4.78 is 10.1. The number of carbonyl (C=O) groups excluding carboxylic acids is 3. The maximum Gasteiger partial charge on any atom is 0.251 e. The molecule has 0 aliphatic heterocycles. The maximum absolute atomic E-state index is 12.3. The van der Waals surface area contributed by atoms with E-state index in [9.17, 15) is 14.4 Å². The molecule has 0 unspecified atom stereocenters. The summed E-state index contributed by atoms with van der Waals surface area (Å²) in [6, 6.07) is 17.0. The van der Waals surface area contributed by atoms with Crippen LogP contribution in [0, 0.1) is 0 Å². The lowest BCUT2D eigenvalue weighted by atomic mass is 10.2. The predicted molar refractivity (Wildman–Crippen MR) is 124 cm³/mol. The predicted octanol–water partition coefficient (Wildman–Crippen LogP) is 2.64. The van der Waals surface area contributed by atoms with Crippen molar-refractivity contribution in [2.45, 2.75) is 6.54 Å². The summed E-state index contributed by atoms with van der Waals surface area (Å²) in [4.78, 5) is 36.6. The Bertz CT molecular complexity index is 1060. The fourth-order valence-electron chi connectivity index (χ4n) is 2.91. The zero-order valence-corrected chi connectivity index (χ0v) is 18.2. The van der Waals surface area contributed by atoms with Crippen LogP contribution in [0.25, 0.3) is 0 Å². The molecule has 0 saturated carbocycles. The van der Waals surface area contributed by atoms with Gasteiger partial charge in [0.1, 0.15) is 5.76 Å². The van der Waals surface area contributed by atoms with Gasteiger partial charge in [-0.3, -0.25) is 14.4 Å². The van der Waals surface area contributed by atoms with Gasteiger partial charge >= 0.3 is 0 Å². The van der Waals surface area contributed by atoms with Gasteiger partial charge in [0.2, 0.25) is 5.91 Å². The zero-order valence-electron chi connectivity index (χ0n) is 18.2. The summed E-state index contributed by atoms with van der Waals surface area (Å²) in [6.45, 7) is 1.16. The summed E-state index contributed by atoms with van der Waals surface area (Å²) >= 11 is 0. The number of methoxy groups -OCH3 is 1. The summed E-state index contributed by atoms with van der Waals surface area (Å²) in [5.74, 6) is -0.0560. The highest BCUT2D eigenvalue weighted by Crippen LogP contribution is 2.12. The number of anilines is 2. The van der Waals surface area contributed by atoms with Gasteiger partial charge in [-0.05, 0) is 54.6 Å². The van der Waals surface area contributed by atoms with Gasteiger partial charge in [0, 0.05) is 36.2 Å². The van der Waals surface area contributed by atoms with E-state index in [0.29, 0.717) is 48.0 Å². The van der Waals surface area contributed by atoms with Crippen molar-refractivity contribution in [2.24, 2.45) is 0 Å². The van der Waals surface area contributed by atoms with Crippen molar-refractivity contribution in [1.29, 1.82) is 0 Å². The molecule has 33 heavy (non-hydrogen) atoms. The SMILES string of the molecule is COCCNC(=O)c1ccc(NC(=O)CNc2cccc(C(=O)NCc3ccco3)c2)cc1. The molecule has 0 saturated heterocycles. The van der Waals surface area contributed by atoms with Gasteiger partial charge in [0.15, 0.2) is 0 Å². The van der Waals surface area contributed by atoms with Crippen LogP contribution in [0.1, 0.15) is 26.5 Å². The molecule has 4 N–H and O–H groups in total. The van der Waals surface area contributed by atoms with Gasteiger partial charge in [-0.25, -0.2) is 0 Å². The number of carbonyl (C=O) groups is 3. The molecule has 3 rings (SSSR count). The molecule has 0 aliphatic rings. The van der Waals surface area contributed by atoms with Crippen LogP contribution < -0.4 is 21.3 Å². The number of nitrogens with one attached hydrogen (secondary N) is 4. The highest BCUT2D eigenvalue weighted by atomic mass is 16.5. The minimum Gasteiger partial charge on any atom is -0.467 e. The standard InChI is InChI=1S/C24H26N4O5/c1-32-13-11-25-23(30)17-7-9-19(10-8-17)28-22(29)16-26-20-5-2-4-18(14-20)24(31)27-15-21-6-3-12-33-21/h2-10,12,14,26H,11,13,15-16H2,1H3,(H,25,30)(H,27,31)(H,28,29). The summed E-state index contributed by atoms with van der Waals surface area (Å²) in [5.41, 5.74) is 2.16. The smallest absolute Gasteiger partial charge is 0.251 e. The molecule has 0 radical (unpaired) electrons. The van der Waals surface area contributed by atoms with Crippen LogP contribution in [0.15, 0.2) is 71.3 Å². The molecule has 1 heterocycles. The van der Waals surface area contributed by atoms with Crippen molar-refractivity contribution in [3.05, 3.63) is 83.8 Å². The second kappa shape index (κ2) is 12.1. The van der Waals surface area contributed by atoms with E-state index in [1.54, 1.807) is 74.0 Å². The van der Waals surface area contributed by atoms with Crippen LogP contribution in [-0.4, -0.2) is 44.5 Å². The maximum atomic E-state index is 12.3. The van der Waals surface area contributed by atoms with Gasteiger partial charge in [-0.15, -0.1) is 0 Å². The number of benzene rings is 2. The van der Waals surface area contributed by atoms with Crippen molar-refractivity contribution in [3.63, 3.8) is 0 Å². The number of furan rings is 1. The average Bonchev–Trinajstić information content (AvgIpc) is 3.36. The highest BCUT2D eigenvalue weighted by molar-refractivity contribution is 5.97. The Morgan fingerprint density at radius 2 is 1.67 bits per heavy atom. The fraction of sp³-hybridized carbons (Fsp3) is 0.208. The van der Waals surface area contributed by atoms with Gasteiger partial charge in [0.25, 0.3) is 11.8 Å². The third kappa shape index (κ3) is 7.51. The van der Waals surface area contributed by atoms with E-state index in [1.807, 2.05) is 0 Å². The second-order valence-corrected chi connectivity index (χ2v) is 7.07. The Hall–Kier alpha value is -4.11. The molecular formula is C24H26N4O5. The van der Waals surface area contributed by atoms with Crippen molar-refractivity contribution in [3.8, 4) is 0 Å². The number of rotatable bonds is 11. The Morgan fingerprint density at radius 3 is 2.39 bits per heavy atom. The van der Waals surface area contributed by atoms with E-state index < -0.39 is 0 Å². The minimum atomic E-state index is -0.264. The zero-order chi connectivity index (χ0) is 23.5. The van der Waals surface area contributed by atoms with Gasteiger partial charge in [0.05, 0.1) is 26.0 Å². The quantitative estimate of drug-likeness (QED) is 0.333. The molecule has 0 bridgehead atoms. The number of amides is 3. The third-order valence-electron chi connectivity index (χ3n) is 4.60. The van der Waals surface area contributed by atoms with E-state index in [2.05, 4.69) is 21.3 Å². The Morgan fingerprint density at radius 1 is 0.879 bits per heavy atom. The minimum absolute atomic E-state index is 0.0106. The number of hydrogen-bond acceptors (Lipinski definition) is 6. The number of hydrogen-bond donors (Lipinski definition) is 4. The van der Waals surface area contributed by atoms with Crippen molar-refractivity contribution in [2.75, 3.05) is 37.4 Å². The van der Waals surface area contributed by atoms with E-state index in [0.717, 1.165) is 0 Å². The molecule has 1 aromatic heterocycles. The van der Waals surface area contributed by atoms with Crippen LogP contribution >= 0.6 is 0 Å². The lowest BCUT2D eigenvalue weighted by Crippen LogP contribution is -2.27. The third-order valence-corrected chi connectivity index (χ3v) is 4.60. The normalized spacial score (nSPS) is 10.3. The van der Waals surface area contributed by atoms with Crippen molar-refractivity contribution >= 4 is 29.1 Å². The van der Waals surface area contributed by atoms with Gasteiger partial charge < -0.3 is 30.4 Å². The Labute approximate surface area is 191 Å². The molecule has 3 aromatic rings. The molecule has 2 aromatic carbocycles. The average molecular weight is 450 g/mol. The summed E-state index contributed by atoms with van der Waals surface area (Å²) in [5, 5.41) is 11.3. The molecule has 0 aliphatic carbocycles. The first-order valence-electron chi connectivity index (χ1n) is 10.4. The first kappa shape index (κ1) is 23.6. The molecule has 3 amide bonds. The molecular weight excluding hydrogens is 424 g/mol. The molecule has 9 heteroatoms. The van der Waals surface area contributed by atoms with E-state index >= 15 is 0 Å². The molecule has 9 nitrogen and oxygen atoms in total. The van der Waals surface area contributed by atoms with Crippen LogP contribution in [0.2, 0.25) is 0 Å². The second-order valence-electron chi connectivity index (χ2n) is 7.07. The first-order chi connectivity index (χ1) is 16.0. The molecule has 172 valence electrons. The highest BCUT2D eigenvalue weighted by Gasteiger charge is 2.09. The molecule has 0 fully saturated rings. The van der Waals surface area contributed by atoms with Gasteiger partial charge in [-0.2, -0.15) is 0 Å². The summed E-state index contributed by atoms with van der Waals surface area (Å²) in [6.07, 6.45) is 1.55. The van der Waals surface area contributed by atoms with Crippen LogP contribution in [0.5, 0.6) is 0 Å². The Balaban J connectivity index is 1.46. The lowest BCUT2D eigenvalue weighted by molar-refractivity contribution is -0.114. The van der Waals surface area contributed by atoms with Gasteiger partial charge in [-0.1, -0.05) is 6.07 Å². The van der Waals surface area contributed by atoms with Crippen molar-refractivity contribution < 1.29 is 23.5 Å². The lowest BCUT2D eigenvalue weighted by Gasteiger charge is -2.10. The fourth-order valence-corrected chi connectivity index (χ4v) is 2.91. The first-order valence-corrected chi connectivity index (χ1v) is 10.4. The monoisotopic (exact) mass is 450 g/mol. The molecule has 0 atom stereocenters. The largest absolute Gasteiger partial charge is 0.467 e. The van der Waals surface area contributed by atoms with Crippen molar-refractivity contribution in [1.82, 2.24) is 10.6 Å². The summed E-state index contributed by atoms with van der Waals surface area (Å²) in [7, 11) is 1.57. The number of ether oxygens (including phenoxy) is 1. The van der Waals surface area contributed by atoms with Crippen LogP contribution in [0.4, 0.5) is 11.4 Å². The van der Waals surface area contributed by atoms with E-state index in [1.165, 1.54) is 0 Å². The Kier molecular flexibility index (Phi) is 8.61. The molecule has 0 spiro atoms. The van der Waals surface area contributed by atoms with E-state index in [-0.39, 0.29) is 24.3 Å². The van der Waals surface area contributed by atoms with Crippen LogP contribution in [-0.2, 0) is 16.1 Å². The van der Waals surface area contributed by atoms with Crippen LogP contribution in [0.3, 0.4) is 0 Å². The topological polar surface area (TPSA) is 122 Å². The van der Waals surface area contributed by atoms with E-state index in [4.69, 9.17) is 9.15 Å².